The Balaban J connectivity index is 2.31. The molecule has 0 N–H and O–H groups in total. The van der Waals surface area contributed by atoms with Crippen molar-refractivity contribution in [3.63, 3.8) is 0 Å². The highest BCUT2D eigenvalue weighted by Gasteiger charge is 2.09. The van der Waals surface area contributed by atoms with Crippen molar-refractivity contribution >= 4 is 28.9 Å². The molecule has 0 saturated heterocycles. The molecule has 2 rings (SSSR count). The average molecular weight is 292 g/mol. The maximum Gasteiger partial charge on any atom is 0.0738 e. The summed E-state index contributed by atoms with van der Waals surface area (Å²) in [6.07, 6.45) is 0. The normalized spacial score (nSPS) is 13.4. The Bertz CT molecular complexity index is 605. The lowest BCUT2D eigenvalue weighted by molar-refractivity contribution is 0.820. The van der Waals surface area contributed by atoms with E-state index in [-0.39, 0.29) is 6.04 Å². The Kier molecular flexibility index (Phi) is 4.62. The molecule has 98 valence electrons. The van der Waals surface area contributed by atoms with Crippen LogP contribution < -0.4 is 0 Å². The first kappa shape index (κ1) is 14.1. The molecule has 0 aliphatic heterocycles. The third-order valence-electron chi connectivity index (χ3n) is 3.01. The molecule has 0 aliphatic rings. The second-order valence-electron chi connectivity index (χ2n) is 4.39. The van der Waals surface area contributed by atoms with Crippen LogP contribution in [0, 0.1) is 0 Å². The highest BCUT2D eigenvalue weighted by Crippen LogP contribution is 2.26. The fourth-order valence-corrected chi connectivity index (χ4v) is 2.56. The molecule has 1 atom stereocenters. The average Bonchev–Trinajstić information content (AvgIpc) is 2.39. The van der Waals surface area contributed by atoms with Gasteiger partial charge in [-0.2, -0.15) is 0 Å². The minimum atomic E-state index is 0.00460. The lowest BCUT2D eigenvalue weighted by Gasteiger charge is -2.11. The van der Waals surface area contributed by atoms with Gasteiger partial charge in [0.25, 0.3) is 0 Å². The van der Waals surface area contributed by atoms with E-state index < -0.39 is 0 Å². The van der Waals surface area contributed by atoms with Crippen molar-refractivity contribution in [2.75, 3.05) is 0 Å². The fourth-order valence-electron chi connectivity index (χ4n) is 2.00. The summed E-state index contributed by atoms with van der Waals surface area (Å²) in [6.45, 7) is 4.00. The van der Waals surface area contributed by atoms with Gasteiger partial charge in [0.2, 0.25) is 0 Å². The molecule has 1 unspecified atom stereocenters. The van der Waals surface area contributed by atoms with Gasteiger partial charge in [0.15, 0.2) is 0 Å². The van der Waals surface area contributed by atoms with E-state index in [0.29, 0.717) is 0 Å². The van der Waals surface area contributed by atoms with E-state index in [4.69, 9.17) is 23.2 Å². The van der Waals surface area contributed by atoms with Crippen LogP contribution in [0.2, 0.25) is 10.0 Å². The third kappa shape index (κ3) is 3.37. The third-order valence-corrected chi connectivity index (χ3v) is 3.68. The van der Waals surface area contributed by atoms with Gasteiger partial charge < -0.3 is 0 Å². The van der Waals surface area contributed by atoms with Crippen LogP contribution in [0.15, 0.2) is 53.5 Å². The van der Waals surface area contributed by atoms with Crippen molar-refractivity contribution in [2.45, 2.75) is 19.9 Å². The van der Waals surface area contributed by atoms with Crippen molar-refractivity contribution in [1.29, 1.82) is 0 Å². The predicted molar refractivity (Wildman–Crippen MR) is 83.5 cm³/mol. The lowest BCUT2D eigenvalue weighted by Crippen LogP contribution is -2.00. The van der Waals surface area contributed by atoms with E-state index in [1.54, 1.807) is 0 Å². The SMILES string of the molecule is CC(=NC(C)c1ccccc1Cl)c1ccccc1Cl. The van der Waals surface area contributed by atoms with E-state index in [1.165, 1.54) is 0 Å². The van der Waals surface area contributed by atoms with Gasteiger partial charge in [-0.05, 0) is 31.5 Å². The van der Waals surface area contributed by atoms with Gasteiger partial charge in [0.05, 0.1) is 6.04 Å². The van der Waals surface area contributed by atoms with Crippen LogP contribution in [0.3, 0.4) is 0 Å². The molecule has 0 saturated carbocycles. The maximum atomic E-state index is 6.18. The van der Waals surface area contributed by atoms with Crippen molar-refractivity contribution in [1.82, 2.24) is 0 Å². The first-order chi connectivity index (χ1) is 9.09. The van der Waals surface area contributed by atoms with E-state index in [9.17, 15) is 0 Å². The van der Waals surface area contributed by atoms with E-state index in [2.05, 4.69) is 4.99 Å². The zero-order chi connectivity index (χ0) is 13.8. The van der Waals surface area contributed by atoms with E-state index >= 15 is 0 Å². The Hall–Kier alpha value is -1.31. The quantitative estimate of drug-likeness (QED) is 0.656. The molecule has 0 amide bonds. The van der Waals surface area contributed by atoms with Crippen LogP contribution in [-0.4, -0.2) is 5.71 Å². The molecule has 0 fully saturated rings. The molecule has 2 aromatic carbocycles. The van der Waals surface area contributed by atoms with Gasteiger partial charge in [0, 0.05) is 21.3 Å². The number of rotatable bonds is 3. The molecular weight excluding hydrogens is 277 g/mol. The van der Waals surface area contributed by atoms with E-state index in [0.717, 1.165) is 26.9 Å². The Morgan fingerprint density at radius 2 is 1.53 bits per heavy atom. The molecule has 0 heterocycles. The summed E-state index contributed by atoms with van der Waals surface area (Å²) in [5.41, 5.74) is 2.90. The van der Waals surface area contributed by atoms with Gasteiger partial charge in [-0.15, -0.1) is 0 Å². The standard InChI is InChI=1S/C16H15Cl2N/c1-11(13-7-3-5-9-15(13)17)19-12(2)14-8-4-6-10-16(14)18/h3-11H,1-2H3. The summed E-state index contributed by atoms with van der Waals surface area (Å²) in [4.78, 5) is 4.69. The van der Waals surface area contributed by atoms with Crippen molar-refractivity contribution < 1.29 is 0 Å². The summed E-state index contributed by atoms with van der Waals surface area (Å²) >= 11 is 12.4. The summed E-state index contributed by atoms with van der Waals surface area (Å²) in [7, 11) is 0. The fraction of sp³-hybridized carbons (Fsp3) is 0.188. The van der Waals surface area contributed by atoms with Crippen molar-refractivity contribution in [2.24, 2.45) is 4.99 Å². The van der Waals surface area contributed by atoms with Crippen LogP contribution in [0.25, 0.3) is 0 Å². The summed E-state index contributed by atoms with van der Waals surface area (Å²) in [5.74, 6) is 0. The zero-order valence-corrected chi connectivity index (χ0v) is 12.4. The highest BCUT2D eigenvalue weighted by molar-refractivity contribution is 6.34. The highest BCUT2D eigenvalue weighted by atomic mass is 35.5. The summed E-state index contributed by atoms with van der Waals surface area (Å²) in [6, 6.07) is 15.5. The van der Waals surface area contributed by atoms with Crippen LogP contribution in [-0.2, 0) is 0 Å². The second-order valence-corrected chi connectivity index (χ2v) is 5.21. The summed E-state index contributed by atoms with van der Waals surface area (Å²) in [5, 5.41) is 1.46. The number of nitrogens with zero attached hydrogens (tertiary/aromatic N) is 1. The number of hydrogen-bond acceptors (Lipinski definition) is 1. The first-order valence-electron chi connectivity index (χ1n) is 6.13. The molecule has 0 aromatic heterocycles. The number of halogens is 2. The topological polar surface area (TPSA) is 12.4 Å². The minimum Gasteiger partial charge on any atom is -0.282 e. The second kappa shape index (κ2) is 6.23. The summed E-state index contributed by atoms with van der Waals surface area (Å²) < 4.78 is 0. The molecule has 1 nitrogen and oxygen atoms in total. The molecular formula is C16H15Cl2N. The molecule has 0 spiro atoms. The molecule has 0 aliphatic carbocycles. The van der Waals surface area contributed by atoms with Crippen LogP contribution in [0.4, 0.5) is 0 Å². The van der Waals surface area contributed by atoms with Gasteiger partial charge in [-0.25, -0.2) is 0 Å². The van der Waals surface area contributed by atoms with Crippen LogP contribution >= 0.6 is 23.2 Å². The number of aliphatic imine (C=N–C) groups is 1. The van der Waals surface area contributed by atoms with Crippen LogP contribution in [0.5, 0.6) is 0 Å². The first-order valence-corrected chi connectivity index (χ1v) is 6.89. The number of hydrogen-bond donors (Lipinski definition) is 0. The zero-order valence-electron chi connectivity index (χ0n) is 10.9. The molecule has 19 heavy (non-hydrogen) atoms. The molecule has 0 bridgehead atoms. The molecule has 2 aromatic rings. The van der Waals surface area contributed by atoms with Gasteiger partial charge >= 0.3 is 0 Å². The monoisotopic (exact) mass is 291 g/mol. The predicted octanol–water partition coefficient (Wildman–Crippen LogP) is 5.56. The van der Waals surface area contributed by atoms with Crippen LogP contribution in [0.1, 0.15) is 31.0 Å². The minimum absolute atomic E-state index is 0.00460. The number of benzene rings is 2. The molecule has 0 radical (unpaired) electrons. The van der Waals surface area contributed by atoms with E-state index in [1.807, 2.05) is 62.4 Å². The maximum absolute atomic E-state index is 6.18. The Morgan fingerprint density at radius 3 is 2.16 bits per heavy atom. The largest absolute Gasteiger partial charge is 0.282 e. The lowest BCUT2D eigenvalue weighted by atomic mass is 10.1. The van der Waals surface area contributed by atoms with Crippen molar-refractivity contribution in [3.8, 4) is 0 Å². The molecule has 3 heteroatoms. The Labute approximate surface area is 123 Å². The smallest absolute Gasteiger partial charge is 0.0738 e. The van der Waals surface area contributed by atoms with Crippen molar-refractivity contribution in [3.05, 3.63) is 69.7 Å². The van der Waals surface area contributed by atoms with Gasteiger partial charge in [0.1, 0.15) is 0 Å². The Morgan fingerprint density at radius 1 is 0.947 bits per heavy atom. The van der Waals surface area contributed by atoms with Gasteiger partial charge in [-0.1, -0.05) is 59.6 Å². The van der Waals surface area contributed by atoms with Gasteiger partial charge in [-0.3, -0.25) is 4.99 Å².